The van der Waals surface area contributed by atoms with Crippen LogP contribution in [0.5, 0.6) is 0 Å². The third-order valence-electron chi connectivity index (χ3n) is 2.85. The van der Waals surface area contributed by atoms with Crippen molar-refractivity contribution in [3.63, 3.8) is 0 Å². The summed E-state index contributed by atoms with van der Waals surface area (Å²) in [4.78, 5) is 12.1. The number of hydrogen-bond acceptors (Lipinski definition) is 3. The predicted molar refractivity (Wildman–Crippen MR) is 55.8 cm³/mol. The van der Waals surface area contributed by atoms with E-state index < -0.39 is 0 Å². The number of rotatable bonds is 3. The smallest absolute Gasteiger partial charge is 0.186 e. The fraction of sp³-hybridized carbons (Fsp3) is 0.636. The van der Waals surface area contributed by atoms with Crippen LogP contribution in [0.15, 0.2) is 6.07 Å². The molecular formula is C11H16N2O2. The Balaban J connectivity index is 2.20. The van der Waals surface area contributed by atoms with Crippen molar-refractivity contribution in [1.29, 1.82) is 0 Å². The number of hydrogen-bond donors (Lipinski definition) is 0. The summed E-state index contributed by atoms with van der Waals surface area (Å²) in [5.74, 6) is 0.201. The minimum Gasteiger partial charge on any atom is -0.381 e. The molecule has 1 aliphatic rings. The van der Waals surface area contributed by atoms with Gasteiger partial charge in [-0.15, -0.1) is 0 Å². The lowest BCUT2D eigenvalue weighted by Gasteiger charge is -2.05. The second-order valence-electron chi connectivity index (χ2n) is 3.92. The SMILES string of the molecule is CCc1cc(C(=O)C2CCOC2)n(C)n1. The van der Waals surface area contributed by atoms with Crippen LogP contribution in [0.1, 0.15) is 29.5 Å². The molecule has 4 nitrogen and oxygen atoms in total. The van der Waals surface area contributed by atoms with Crippen LogP contribution in [0.4, 0.5) is 0 Å². The molecule has 1 fully saturated rings. The normalized spacial score (nSPS) is 20.8. The Labute approximate surface area is 89.2 Å². The van der Waals surface area contributed by atoms with Crippen molar-refractivity contribution in [2.45, 2.75) is 19.8 Å². The first-order chi connectivity index (χ1) is 7.22. The van der Waals surface area contributed by atoms with E-state index in [1.54, 1.807) is 4.68 Å². The van der Waals surface area contributed by atoms with Crippen LogP contribution in [-0.4, -0.2) is 28.8 Å². The van der Waals surface area contributed by atoms with Crippen LogP contribution in [0, 0.1) is 5.92 Å². The third-order valence-corrected chi connectivity index (χ3v) is 2.85. The third kappa shape index (κ3) is 1.95. The topological polar surface area (TPSA) is 44.1 Å². The molecule has 0 radical (unpaired) electrons. The number of ketones is 1. The molecule has 0 bridgehead atoms. The number of nitrogens with zero attached hydrogens (tertiary/aromatic N) is 2. The quantitative estimate of drug-likeness (QED) is 0.701. The number of ether oxygens (including phenoxy) is 1. The van der Waals surface area contributed by atoms with Crippen LogP contribution >= 0.6 is 0 Å². The molecule has 1 aromatic rings. The van der Waals surface area contributed by atoms with Gasteiger partial charge < -0.3 is 4.74 Å². The average molecular weight is 208 g/mol. The van der Waals surface area contributed by atoms with Gasteiger partial charge in [0.1, 0.15) is 5.69 Å². The maximum atomic E-state index is 12.1. The standard InChI is InChI=1S/C11H16N2O2/c1-3-9-6-10(13(2)12-9)11(14)8-4-5-15-7-8/h6,8H,3-5,7H2,1-2H3. The summed E-state index contributed by atoms with van der Waals surface area (Å²) < 4.78 is 6.90. The highest BCUT2D eigenvalue weighted by Crippen LogP contribution is 2.18. The Morgan fingerprint density at radius 1 is 1.73 bits per heavy atom. The molecule has 1 aliphatic heterocycles. The van der Waals surface area contributed by atoms with Crippen molar-refractivity contribution in [3.05, 3.63) is 17.5 Å². The van der Waals surface area contributed by atoms with E-state index in [-0.39, 0.29) is 11.7 Å². The van der Waals surface area contributed by atoms with E-state index in [0.29, 0.717) is 18.9 Å². The molecule has 1 saturated heterocycles. The van der Waals surface area contributed by atoms with Gasteiger partial charge in [0.15, 0.2) is 5.78 Å². The van der Waals surface area contributed by atoms with Gasteiger partial charge in [0.25, 0.3) is 0 Å². The van der Waals surface area contributed by atoms with Crippen molar-refractivity contribution in [1.82, 2.24) is 9.78 Å². The van der Waals surface area contributed by atoms with E-state index in [4.69, 9.17) is 4.74 Å². The van der Waals surface area contributed by atoms with Crippen molar-refractivity contribution in [2.24, 2.45) is 13.0 Å². The molecule has 1 aromatic heterocycles. The summed E-state index contributed by atoms with van der Waals surface area (Å²) in [5, 5.41) is 4.28. The Morgan fingerprint density at radius 2 is 2.53 bits per heavy atom. The summed E-state index contributed by atoms with van der Waals surface area (Å²) in [6.07, 6.45) is 1.70. The van der Waals surface area contributed by atoms with Gasteiger partial charge in [0, 0.05) is 19.6 Å². The monoisotopic (exact) mass is 208 g/mol. The molecule has 4 heteroatoms. The van der Waals surface area contributed by atoms with Crippen molar-refractivity contribution in [3.8, 4) is 0 Å². The van der Waals surface area contributed by atoms with Gasteiger partial charge in [-0.3, -0.25) is 9.48 Å². The number of Topliss-reactive ketones (excluding diaryl/α,β-unsaturated/α-hetero) is 1. The number of carbonyl (C=O) groups is 1. The molecular weight excluding hydrogens is 192 g/mol. The zero-order valence-electron chi connectivity index (χ0n) is 9.19. The van der Waals surface area contributed by atoms with Crippen molar-refractivity contribution in [2.75, 3.05) is 13.2 Å². The zero-order valence-corrected chi connectivity index (χ0v) is 9.19. The molecule has 15 heavy (non-hydrogen) atoms. The van der Waals surface area contributed by atoms with Gasteiger partial charge in [-0.2, -0.15) is 5.10 Å². The molecule has 82 valence electrons. The lowest BCUT2D eigenvalue weighted by Crippen LogP contribution is -2.17. The molecule has 2 rings (SSSR count). The van der Waals surface area contributed by atoms with Crippen LogP contribution in [0.25, 0.3) is 0 Å². The Bertz CT molecular complexity index is 365. The summed E-state index contributed by atoms with van der Waals surface area (Å²) >= 11 is 0. The van der Waals surface area contributed by atoms with Gasteiger partial charge >= 0.3 is 0 Å². The average Bonchev–Trinajstić information content (AvgIpc) is 2.85. The van der Waals surface area contributed by atoms with Crippen LogP contribution in [0.3, 0.4) is 0 Å². The van der Waals surface area contributed by atoms with E-state index in [2.05, 4.69) is 5.10 Å². The first kappa shape index (κ1) is 10.4. The molecule has 0 amide bonds. The summed E-state index contributed by atoms with van der Waals surface area (Å²) in [6, 6.07) is 1.89. The largest absolute Gasteiger partial charge is 0.381 e. The van der Waals surface area contributed by atoms with Gasteiger partial charge in [-0.25, -0.2) is 0 Å². The second-order valence-corrected chi connectivity index (χ2v) is 3.92. The minimum absolute atomic E-state index is 0.0325. The lowest BCUT2D eigenvalue weighted by molar-refractivity contribution is 0.0890. The Morgan fingerprint density at radius 3 is 3.07 bits per heavy atom. The van der Waals surface area contributed by atoms with E-state index in [0.717, 1.165) is 18.5 Å². The number of carbonyl (C=O) groups excluding carboxylic acids is 1. The highest BCUT2D eigenvalue weighted by molar-refractivity contribution is 5.96. The van der Waals surface area contributed by atoms with E-state index in [1.807, 2.05) is 20.0 Å². The maximum Gasteiger partial charge on any atom is 0.186 e. The van der Waals surface area contributed by atoms with E-state index in [1.165, 1.54) is 0 Å². The first-order valence-corrected chi connectivity index (χ1v) is 5.37. The van der Waals surface area contributed by atoms with Gasteiger partial charge in [0.2, 0.25) is 0 Å². The molecule has 0 aromatic carbocycles. The second kappa shape index (κ2) is 4.14. The number of aryl methyl sites for hydroxylation is 2. The highest BCUT2D eigenvalue weighted by Gasteiger charge is 2.26. The fourth-order valence-corrected chi connectivity index (χ4v) is 1.88. The molecule has 2 heterocycles. The lowest BCUT2D eigenvalue weighted by atomic mass is 10.0. The molecule has 0 spiro atoms. The van der Waals surface area contributed by atoms with E-state index in [9.17, 15) is 4.79 Å². The zero-order chi connectivity index (χ0) is 10.8. The molecule has 0 N–H and O–H groups in total. The van der Waals surface area contributed by atoms with Crippen molar-refractivity contribution < 1.29 is 9.53 Å². The summed E-state index contributed by atoms with van der Waals surface area (Å²) in [7, 11) is 1.82. The summed E-state index contributed by atoms with van der Waals surface area (Å²) in [6.45, 7) is 3.30. The van der Waals surface area contributed by atoms with Gasteiger partial charge in [0.05, 0.1) is 12.3 Å². The molecule has 1 unspecified atom stereocenters. The Kier molecular flexibility index (Phi) is 2.86. The predicted octanol–water partition coefficient (Wildman–Crippen LogP) is 1.20. The van der Waals surface area contributed by atoms with Gasteiger partial charge in [-0.05, 0) is 18.9 Å². The Hall–Kier alpha value is -1.16. The molecule has 1 atom stereocenters. The van der Waals surface area contributed by atoms with Crippen LogP contribution in [0.2, 0.25) is 0 Å². The highest BCUT2D eigenvalue weighted by atomic mass is 16.5. The summed E-state index contributed by atoms with van der Waals surface area (Å²) in [5.41, 5.74) is 1.68. The number of aromatic nitrogens is 2. The van der Waals surface area contributed by atoms with E-state index >= 15 is 0 Å². The first-order valence-electron chi connectivity index (χ1n) is 5.37. The van der Waals surface area contributed by atoms with Crippen molar-refractivity contribution >= 4 is 5.78 Å². The molecule has 0 aliphatic carbocycles. The molecule has 0 saturated carbocycles. The van der Waals surface area contributed by atoms with Crippen LogP contribution in [-0.2, 0) is 18.2 Å². The maximum absolute atomic E-state index is 12.1. The van der Waals surface area contributed by atoms with Crippen LogP contribution < -0.4 is 0 Å². The minimum atomic E-state index is 0.0325. The van der Waals surface area contributed by atoms with Gasteiger partial charge in [-0.1, -0.05) is 6.92 Å². The fourth-order valence-electron chi connectivity index (χ4n) is 1.88.